The molecule has 2 N–H and O–H groups in total. The van der Waals surface area contributed by atoms with E-state index in [1.807, 2.05) is 0 Å². The lowest BCUT2D eigenvalue weighted by atomic mass is 10.1. The number of hydrogen-bond donors (Lipinski definition) is 2. The van der Waals surface area contributed by atoms with E-state index in [9.17, 15) is 10.1 Å². The van der Waals surface area contributed by atoms with Crippen LogP contribution in [0.4, 0.5) is 5.69 Å². The minimum Gasteiger partial charge on any atom is -0.396 e. The van der Waals surface area contributed by atoms with Crippen molar-refractivity contribution < 1.29 is 14.8 Å². The summed E-state index contributed by atoms with van der Waals surface area (Å²) in [4.78, 5) is 10.1. The number of nitro groups is 1. The Kier molecular flexibility index (Phi) is 7.02. The molecule has 6 heteroatoms. The molecule has 106 valence electrons. The van der Waals surface area contributed by atoms with E-state index in [4.69, 9.17) is 9.84 Å². The summed E-state index contributed by atoms with van der Waals surface area (Å²) in [6.45, 7) is 1.42. The molecule has 0 aromatic heterocycles. The molecule has 1 atom stereocenters. The highest BCUT2D eigenvalue weighted by Gasteiger charge is 2.07. The molecule has 0 spiro atoms. The number of ether oxygens (including phenoxy) is 1. The normalized spacial score (nSPS) is 12.3. The van der Waals surface area contributed by atoms with Crippen LogP contribution in [0.25, 0.3) is 0 Å². The maximum absolute atomic E-state index is 10.5. The average molecular weight is 268 g/mol. The molecular weight excluding hydrogens is 248 g/mol. The maximum atomic E-state index is 10.5. The Morgan fingerprint density at radius 1 is 1.42 bits per heavy atom. The predicted molar refractivity (Wildman–Crippen MR) is 72.2 cm³/mol. The van der Waals surface area contributed by atoms with Crippen molar-refractivity contribution in [2.24, 2.45) is 0 Å². The second-order valence-electron chi connectivity index (χ2n) is 4.29. The van der Waals surface area contributed by atoms with Crippen molar-refractivity contribution in [3.05, 3.63) is 39.9 Å². The summed E-state index contributed by atoms with van der Waals surface area (Å²) >= 11 is 0. The highest BCUT2D eigenvalue weighted by Crippen LogP contribution is 2.12. The van der Waals surface area contributed by atoms with Crippen molar-refractivity contribution in [3.63, 3.8) is 0 Å². The smallest absolute Gasteiger partial charge is 0.269 e. The number of nitrogens with zero attached hydrogens (tertiary/aromatic N) is 1. The number of aliphatic hydroxyl groups excluding tert-OH is 1. The van der Waals surface area contributed by atoms with Crippen LogP contribution in [0.3, 0.4) is 0 Å². The predicted octanol–water partition coefficient (Wildman–Crippen LogP) is 1.12. The first-order valence-corrected chi connectivity index (χ1v) is 6.24. The average Bonchev–Trinajstić information content (AvgIpc) is 2.40. The quantitative estimate of drug-likeness (QED) is 0.518. The molecule has 1 aromatic rings. The molecule has 1 rings (SSSR count). The van der Waals surface area contributed by atoms with E-state index in [1.165, 1.54) is 12.1 Å². The Hall–Kier alpha value is -1.50. The number of hydrogen-bond acceptors (Lipinski definition) is 5. The lowest BCUT2D eigenvalue weighted by Crippen LogP contribution is -2.35. The zero-order valence-electron chi connectivity index (χ0n) is 11.0. The fourth-order valence-electron chi connectivity index (χ4n) is 1.81. The van der Waals surface area contributed by atoms with Crippen LogP contribution in [0.2, 0.25) is 0 Å². The Bertz CT molecular complexity index is 375. The van der Waals surface area contributed by atoms with Gasteiger partial charge in [0, 0.05) is 31.9 Å². The van der Waals surface area contributed by atoms with Crippen LogP contribution in [0.1, 0.15) is 12.0 Å². The molecule has 0 aliphatic carbocycles. The van der Waals surface area contributed by atoms with E-state index in [0.717, 1.165) is 18.5 Å². The van der Waals surface area contributed by atoms with Gasteiger partial charge in [0.25, 0.3) is 5.69 Å². The highest BCUT2D eigenvalue weighted by molar-refractivity contribution is 5.32. The van der Waals surface area contributed by atoms with Crippen molar-refractivity contribution in [2.45, 2.75) is 18.9 Å². The third kappa shape index (κ3) is 5.78. The fourth-order valence-corrected chi connectivity index (χ4v) is 1.81. The maximum Gasteiger partial charge on any atom is 0.269 e. The van der Waals surface area contributed by atoms with Crippen LogP contribution in [0.5, 0.6) is 0 Å². The van der Waals surface area contributed by atoms with Gasteiger partial charge in [-0.15, -0.1) is 0 Å². The number of rotatable bonds is 9. The van der Waals surface area contributed by atoms with E-state index < -0.39 is 4.92 Å². The first kappa shape index (κ1) is 15.6. The third-order valence-corrected chi connectivity index (χ3v) is 2.84. The standard InChI is InChI=1S/C13H20N2O4/c1-19-10-12(7-9-16)14-8-6-11-2-4-13(5-3-11)15(17)18/h2-5,12,14,16H,6-10H2,1H3. The van der Waals surface area contributed by atoms with E-state index in [1.54, 1.807) is 19.2 Å². The first-order valence-electron chi connectivity index (χ1n) is 6.24. The molecule has 0 heterocycles. The summed E-state index contributed by atoms with van der Waals surface area (Å²) in [7, 11) is 1.63. The molecule has 0 bridgehead atoms. The zero-order valence-corrected chi connectivity index (χ0v) is 11.0. The molecule has 0 fully saturated rings. The van der Waals surface area contributed by atoms with Gasteiger partial charge in [0.2, 0.25) is 0 Å². The molecule has 6 nitrogen and oxygen atoms in total. The van der Waals surface area contributed by atoms with Gasteiger partial charge in [0.1, 0.15) is 0 Å². The molecule has 1 unspecified atom stereocenters. The summed E-state index contributed by atoms with van der Waals surface area (Å²) in [6.07, 6.45) is 1.43. The van der Waals surface area contributed by atoms with Gasteiger partial charge >= 0.3 is 0 Å². The van der Waals surface area contributed by atoms with Crippen molar-refractivity contribution in [2.75, 3.05) is 26.9 Å². The Morgan fingerprint density at radius 2 is 2.11 bits per heavy atom. The van der Waals surface area contributed by atoms with Crippen molar-refractivity contribution in [3.8, 4) is 0 Å². The third-order valence-electron chi connectivity index (χ3n) is 2.84. The lowest BCUT2D eigenvalue weighted by molar-refractivity contribution is -0.384. The second kappa shape index (κ2) is 8.58. The van der Waals surface area contributed by atoms with E-state index in [-0.39, 0.29) is 18.3 Å². The van der Waals surface area contributed by atoms with Crippen LogP contribution >= 0.6 is 0 Å². The minimum atomic E-state index is -0.405. The Labute approximate surface area is 112 Å². The number of aliphatic hydroxyl groups is 1. The highest BCUT2D eigenvalue weighted by atomic mass is 16.6. The van der Waals surface area contributed by atoms with Crippen LogP contribution in [0.15, 0.2) is 24.3 Å². The first-order chi connectivity index (χ1) is 9.17. The van der Waals surface area contributed by atoms with Crippen LogP contribution in [0, 0.1) is 10.1 Å². The molecule has 0 aliphatic heterocycles. The van der Waals surface area contributed by atoms with Crippen molar-refractivity contribution in [1.29, 1.82) is 0 Å². The summed E-state index contributed by atoms with van der Waals surface area (Å²) in [5.74, 6) is 0. The minimum absolute atomic E-state index is 0.106. The van der Waals surface area contributed by atoms with E-state index in [0.29, 0.717) is 13.0 Å². The summed E-state index contributed by atoms with van der Waals surface area (Å²) < 4.78 is 5.05. The summed E-state index contributed by atoms with van der Waals surface area (Å²) in [5, 5.41) is 22.7. The number of methoxy groups -OCH3 is 1. The molecule has 0 radical (unpaired) electrons. The fraction of sp³-hybridized carbons (Fsp3) is 0.538. The monoisotopic (exact) mass is 268 g/mol. The molecular formula is C13H20N2O4. The number of benzene rings is 1. The van der Waals surface area contributed by atoms with Crippen LogP contribution in [-0.4, -0.2) is 42.9 Å². The van der Waals surface area contributed by atoms with E-state index in [2.05, 4.69) is 5.32 Å². The van der Waals surface area contributed by atoms with Gasteiger partial charge in [0.15, 0.2) is 0 Å². The van der Waals surface area contributed by atoms with Gasteiger partial charge in [-0.3, -0.25) is 10.1 Å². The lowest BCUT2D eigenvalue weighted by Gasteiger charge is -2.16. The van der Waals surface area contributed by atoms with Crippen molar-refractivity contribution in [1.82, 2.24) is 5.32 Å². The van der Waals surface area contributed by atoms with Gasteiger partial charge in [-0.2, -0.15) is 0 Å². The summed E-state index contributed by atoms with van der Waals surface area (Å²) in [5.41, 5.74) is 1.15. The Morgan fingerprint density at radius 3 is 2.63 bits per heavy atom. The van der Waals surface area contributed by atoms with Gasteiger partial charge in [-0.1, -0.05) is 12.1 Å². The summed E-state index contributed by atoms with van der Waals surface area (Å²) in [6, 6.07) is 6.67. The van der Waals surface area contributed by atoms with Gasteiger partial charge in [-0.25, -0.2) is 0 Å². The van der Waals surface area contributed by atoms with Crippen LogP contribution in [-0.2, 0) is 11.2 Å². The van der Waals surface area contributed by atoms with Gasteiger partial charge in [0.05, 0.1) is 11.5 Å². The number of nitro benzene ring substituents is 1. The molecule has 1 aromatic carbocycles. The zero-order chi connectivity index (χ0) is 14.1. The Balaban J connectivity index is 2.37. The van der Waals surface area contributed by atoms with Crippen LogP contribution < -0.4 is 5.32 Å². The largest absolute Gasteiger partial charge is 0.396 e. The molecule has 0 amide bonds. The molecule has 0 saturated heterocycles. The SMILES string of the molecule is COCC(CCO)NCCc1ccc([N+](=O)[O-])cc1. The molecule has 0 saturated carbocycles. The second-order valence-corrected chi connectivity index (χ2v) is 4.29. The molecule has 0 aliphatic rings. The number of non-ortho nitro benzene ring substituents is 1. The van der Waals surface area contributed by atoms with Crippen molar-refractivity contribution >= 4 is 5.69 Å². The molecule has 19 heavy (non-hydrogen) atoms. The topological polar surface area (TPSA) is 84.6 Å². The van der Waals surface area contributed by atoms with E-state index >= 15 is 0 Å². The van der Waals surface area contributed by atoms with Gasteiger partial charge < -0.3 is 15.2 Å². The number of nitrogens with one attached hydrogen (secondary N) is 1. The van der Waals surface area contributed by atoms with Gasteiger partial charge in [-0.05, 0) is 24.9 Å².